The van der Waals surface area contributed by atoms with Gasteiger partial charge in [-0.2, -0.15) is 0 Å². The van der Waals surface area contributed by atoms with E-state index < -0.39 is 0 Å². The van der Waals surface area contributed by atoms with E-state index in [2.05, 4.69) is 29.6 Å². The van der Waals surface area contributed by atoms with Crippen LogP contribution in [0.5, 0.6) is 0 Å². The first-order chi connectivity index (χ1) is 9.25. The monoisotopic (exact) mass is 293 g/mol. The quantitative estimate of drug-likeness (QED) is 0.780. The molecule has 0 saturated heterocycles. The second-order valence-electron chi connectivity index (χ2n) is 4.47. The molecular formula is C16H17Cl2N. The molecule has 2 aromatic carbocycles. The first-order valence-corrected chi connectivity index (χ1v) is 7.20. The number of rotatable bonds is 6. The van der Waals surface area contributed by atoms with Crippen LogP contribution in [0.1, 0.15) is 11.1 Å². The van der Waals surface area contributed by atoms with E-state index in [0.29, 0.717) is 5.02 Å². The third-order valence-corrected chi connectivity index (χ3v) is 3.61. The predicted molar refractivity (Wildman–Crippen MR) is 83.2 cm³/mol. The van der Waals surface area contributed by atoms with Crippen molar-refractivity contribution in [1.29, 1.82) is 0 Å². The van der Waals surface area contributed by atoms with Crippen LogP contribution in [0.4, 0.5) is 0 Å². The molecular weight excluding hydrogens is 277 g/mol. The lowest BCUT2D eigenvalue weighted by molar-refractivity contribution is 0.682. The zero-order valence-electron chi connectivity index (χ0n) is 10.7. The van der Waals surface area contributed by atoms with Gasteiger partial charge in [0.05, 0.1) is 0 Å². The Morgan fingerprint density at radius 1 is 0.842 bits per heavy atom. The lowest BCUT2D eigenvalue weighted by Crippen LogP contribution is -2.20. The van der Waals surface area contributed by atoms with E-state index in [4.69, 9.17) is 23.2 Å². The van der Waals surface area contributed by atoms with Crippen molar-refractivity contribution in [3.63, 3.8) is 0 Å². The van der Waals surface area contributed by atoms with Crippen molar-refractivity contribution in [2.24, 2.45) is 0 Å². The van der Waals surface area contributed by atoms with Crippen LogP contribution in [-0.2, 0) is 12.8 Å². The Morgan fingerprint density at radius 2 is 1.58 bits per heavy atom. The number of nitrogens with one attached hydrogen (secondary N) is 1. The molecule has 0 amide bonds. The summed E-state index contributed by atoms with van der Waals surface area (Å²) in [5.74, 6) is 0. The van der Waals surface area contributed by atoms with Gasteiger partial charge in [0, 0.05) is 10.0 Å². The summed E-state index contributed by atoms with van der Waals surface area (Å²) in [5.41, 5.74) is 2.50. The molecule has 3 heteroatoms. The zero-order valence-corrected chi connectivity index (χ0v) is 12.2. The maximum Gasteiger partial charge on any atom is 0.0453 e. The van der Waals surface area contributed by atoms with E-state index >= 15 is 0 Å². The molecule has 0 aliphatic heterocycles. The van der Waals surface area contributed by atoms with Gasteiger partial charge in [-0.15, -0.1) is 0 Å². The van der Waals surface area contributed by atoms with Crippen molar-refractivity contribution in [1.82, 2.24) is 5.32 Å². The fourth-order valence-electron chi connectivity index (χ4n) is 1.95. The molecule has 0 aliphatic rings. The molecule has 0 heterocycles. The third kappa shape index (κ3) is 4.87. The van der Waals surface area contributed by atoms with Crippen molar-refractivity contribution in [3.05, 3.63) is 69.7 Å². The molecule has 19 heavy (non-hydrogen) atoms. The van der Waals surface area contributed by atoms with E-state index in [0.717, 1.165) is 36.5 Å². The van der Waals surface area contributed by atoms with Crippen LogP contribution in [-0.4, -0.2) is 13.1 Å². The molecule has 0 spiro atoms. The molecule has 1 nitrogen and oxygen atoms in total. The molecule has 0 unspecified atom stereocenters. The molecule has 0 fully saturated rings. The highest BCUT2D eigenvalue weighted by Gasteiger charge is 2.00. The summed E-state index contributed by atoms with van der Waals surface area (Å²) < 4.78 is 0. The minimum absolute atomic E-state index is 0.686. The van der Waals surface area contributed by atoms with Crippen molar-refractivity contribution in [2.75, 3.05) is 13.1 Å². The lowest BCUT2D eigenvalue weighted by Gasteiger charge is -2.07. The Bertz CT molecular complexity index is 511. The number of hydrogen-bond acceptors (Lipinski definition) is 1. The highest BCUT2D eigenvalue weighted by molar-refractivity contribution is 6.35. The van der Waals surface area contributed by atoms with Crippen molar-refractivity contribution >= 4 is 23.2 Å². The second kappa shape index (κ2) is 7.54. The molecule has 0 saturated carbocycles. The average Bonchev–Trinajstić information content (AvgIpc) is 2.42. The number of halogens is 2. The summed E-state index contributed by atoms with van der Waals surface area (Å²) >= 11 is 12.0. The van der Waals surface area contributed by atoms with Crippen LogP contribution in [0.2, 0.25) is 10.0 Å². The normalized spacial score (nSPS) is 10.6. The molecule has 0 bridgehead atoms. The van der Waals surface area contributed by atoms with E-state index in [1.165, 1.54) is 5.56 Å². The van der Waals surface area contributed by atoms with Crippen LogP contribution in [0.15, 0.2) is 48.5 Å². The zero-order chi connectivity index (χ0) is 13.5. The first kappa shape index (κ1) is 14.4. The van der Waals surface area contributed by atoms with Gasteiger partial charge in [0.25, 0.3) is 0 Å². The predicted octanol–water partition coefficient (Wildman–Crippen LogP) is 4.37. The maximum absolute atomic E-state index is 6.13. The molecule has 1 N–H and O–H groups in total. The van der Waals surface area contributed by atoms with E-state index in [9.17, 15) is 0 Å². The Hall–Kier alpha value is -1.02. The van der Waals surface area contributed by atoms with Gasteiger partial charge in [-0.05, 0) is 49.2 Å². The smallest absolute Gasteiger partial charge is 0.0453 e. The van der Waals surface area contributed by atoms with Crippen molar-refractivity contribution in [2.45, 2.75) is 12.8 Å². The van der Waals surface area contributed by atoms with Crippen LogP contribution < -0.4 is 5.32 Å². The van der Waals surface area contributed by atoms with Crippen LogP contribution in [0, 0.1) is 0 Å². The van der Waals surface area contributed by atoms with Crippen molar-refractivity contribution < 1.29 is 0 Å². The minimum Gasteiger partial charge on any atom is -0.316 e. The molecule has 100 valence electrons. The van der Waals surface area contributed by atoms with Crippen LogP contribution in [0.3, 0.4) is 0 Å². The molecule has 0 radical (unpaired) electrons. The highest BCUT2D eigenvalue weighted by Crippen LogP contribution is 2.20. The molecule has 0 atom stereocenters. The fourth-order valence-corrected chi connectivity index (χ4v) is 2.45. The van der Waals surface area contributed by atoms with Gasteiger partial charge in [-0.25, -0.2) is 0 Å². The summed E-state index contributed by atoms with van der Waals surface area (Å²) in [4.78, 5) is 0. The minimum atomic E-state index is 0.686. The lowest BCUT2D eigenvalue weighted by atomic mass is 10.1. The maximum atomic E-state index is 6.13. The summed E-state index contributed by atoms with van der Waals surface area (Å²) in [5, 5.41) is 4.87. The van der Waals surface area contributed by atoms with E-state index in [1.807, 2.05) is 18.2 Å². The summed E-state index contributed by atoms with van der Waals surface area (Å²) in [7, 11) is 0. The average molecular weight is 294 g/mol. The summed E-state index contributed by atoms with van der Waals surface area (Å²) in [6, 6.07) is 16.2. The summed E-state index contributed by atoms with van der Waals surface area (Å²) in [6.45, 7) is 1.91. The fraction of sp³-hybridized carbons (Fsp3) is 0.250. The Kier molecular flexibility index (Phi) is 5.71. The molecule has 0 aromatic heterocycles. The van der Waals surface area contributed by atoms with Crippen molar-refractivity contribution in [3.8, 4) is 0 Å². The van der Waals surface area contributed by atoms with Gasteiger partial charge in [0.2, 0.25) is 0 Å². The highest BCUT2D eigenvalue weighted by atomic mass is 35.5. The standard InChI is InChI=1S/C16H17Cl2N/c17-15-7-6-14(16(18)12-15)9-11-19-10-8-13-4-2-1-3-5-13/h1-7,12,19H,8-11H2. The molecule has 2 aromatic rings. The van der Waals surface area contributed by atoms with Crippen LogP contribution >= 0.6 is 23.2 Å². The largest absolute Gasteiger partial charge is 0.316 e. The van der Waals surface area contributed by atoms with Gasteiger partial charge in [-0.1, -0.05) is 59.6 Å². The van der Waals surface area contributed by atoms with Gasteiger partial charge >= 0.3 is 0 Å². The van der Waals surface area contributed by atoms with E-state index in [-0.39, 0.29) is 0 Å². The topological polar surface area (TPSA) is 12.0 Å². The van der Waals surface area contributed by atoms with Gasteiger partial charge < -0.3 is 5.32 Å². The van der Waals surface area contributed by atoms with Gasteiger partial charge in [0.1, 0.15) is 0 Å². The molecule has 0 aliphatic carbocycles. The number of benzene rings is 2. The van der Waals surface area contributed by atoms with Crippen LogP contribution in [0.25, 0.3) is 0 Å². The van der Waals surface area contributed by atoms with E-state index in [1.54, 1.807) is 6.07 Å². The van der Waals surface area contributed by atoms with Gasteiger partial charge in [-0.3, -0.25) is 0 Å². The SMILES string of the molecule is Clc1ccc(CCNCCc2ccccc2)c(Cl)c1. The molecule has 2 rings (SSSR count). The Balaban J connectivity index is 1.69. The number of hydrogen-bond donors (Lipinski definition) is 1. The third-order valence-electron chi connectivity index (χ3n) is 3.02. The second-order valence-corrected chi connectivity index (χ2v) is 5.31. The Labute approximate surface area is 124 Å². The van der Waals surface area contributed by atoms with Gasteiger partial charge in [0.15, 0.2) is 0 Å². The first-order valence-electron chi connectivity index (χ1n) is 6.44. The summed E-state index contributed by atoms with van der Waals surface area (Å²) in [6.07, 6.45) is 1.97. The Morgan fingerprint density at radius 3 is 2.32 bits per heavy atom.